The van der Waals surface area contributed by atoms with Crippen molar-refractivity contribution >= 4 is 15.9 Å². The summed E-state index contributed by atoms with van der Waals surface area (Å²) < 4.78 is 6.72. The summed E-state index contributed by atoms with van der Waals surface area (Å²) in [6.07, 6.45) is 3.65. The fourth-order valence-corrected chi connectivity index (χ4v) is 1.78. The zero-order valence-electron chi connectivity index (χ0n) is 9.50. The van der Waals surface area contributed by atoms with Crippen LogP contribution in [0.25, 0.3) is 0 Å². The van der Waals surface area contributed by atoms with E-state index >= 15 is 0 Å². The minimum atomic E-state index is 0.812. The molecule has 1 aromatic rings. The van der Waals surface area contributed by atoms with Crippen LogP contribution in [0, 0.1) is 5.92 Å². The molecule has 1 aromatic carbocycles. The van der Waals surface area contributed by atoms with E-state index in [9.17, 15) is 0 Å². The monoisotopic (exact) mass is 270 g/mol. The second kappa shape index (κ2) is 6.89. The van der Waals surface area contributed by atoms with Crippen molar-refractivity contribution in [1.29, 1.82) is 0 Å². The molecule has 0 saturated carbocycles. The van der Waals surface area contributed by atoms with Crippen LogP contribution >= 0.6 is 15.9 Å². The van der Waals surface area contributed by atoms with Gasteiger partial charge in [0.25, 0.3) is 0 Å². The highest BCUT2D eigenvalue weighted by atomic mass is 79.9. The Labute approximate surface area is 101 Å². The van der Waals surface area contributed by atoms with Crippen molar-refractivity contribution < 1.29 is 4.74 Å². The van der Waals surface area contributed by atoms with Gasteiger partial charge in [-0.25, -0.2) is 0 Å². The first-order chi connectivity index (χ1) is 7.24. The van der Waals surface area contributed by atoms with Gasteiger partial charge in [0.05, 0.1) is 11.1 Å². The zero-order valence-corrected chi connectivity index (χ0v) is 11.1. The lowest BCUT2D eigenvalue weighted by molar-refractivity contribution is 0.292. The van der Waals surface area contributed by atoms with Crippen LogP contribution in [0.5, 0.6) is 5.75 Å². The number of rotatable bonds is 6. The van der Waals surface area contributed by atoms with Gasteiger partial charge in [-0.2, -0.15) is 0 Å². The first-order valence-electron chi connectivity index (χ1n) is 5.61. The predicted octanol–water partition coefficient (Wildman–Crippen LogP) is 4.65. The molecule has 0 N–H and O–H groups in total. The Kier molecular flexibility index (Phi) is 5.77. The Morgan fingerprint density at radius 2 is 2.07 bits per heavy atom. The van der Waals surface area contributed by atoms with E-state index in [0.29, 0.717) is 0 Å². The van der Waals surface area contributed by atoms with E-state index in [1.54, 1.807) is 0 Å². The van der Waals surface area contributed by atoms with Crippen LogP contribution in [0.1, 0.15) is 33.1 Å². The molecule has 1 rings (SSSR count). The topological polar surface area (TPSA) is 9.23 Å². The molecule has 0 fully saturated rings. The molecule has 0 aliphatic carbocycles. The molecule has 0 saturated heterocycles. The molecular weight excluding hydrogens is 252 g/mol. The minimum Gasteiger partial charge on any atom is -0.492 e. The van der Waals surface area contributed by atoms with E-state index < -0.39 is 0 Å². The molecule has 1 nitrogen and oxygen atoms in total. The molecule has 0 spiro atoms. The molecule has 0 bridgehead atoms. The van der Waals surface area contributed by atoms with Crippen molar-refractivity contribution in [2.45, 2.75) is 33.1 Å². The average molecular weight is 271 g/mol. The van der Waals surface area contributed by atoms with Gasteiger partial charge < -0.3 is 4.74 Å². The van der Waals surface area contributed by atoms with E-state index in [1.165, 1.54) is 12.8 Å². The second-order valence-electron chi connectivity index (χ2n) is 3.93. The second-order valence-corrected chi connectivity index (χ2v) is 4.79. The lowest BCUT2D eigenvalue weighted by Crippen LogP contribution is -2.01. The Hall–Kier alpha value is -0.500. The van der Waals surface area contributed by atoms with Crippen molar-refractivity contribution in [1.82, 2.24) is 0 Å². The quantitative estimate of drug-likeness (QED) is 0.684. The third kappa shape index (κ3) is 4.70. The van der Waals surface area contributed by atoms with Crippen molar-refractivity contribution in [3.05, 3.63) is 28.7 Å². The van der Waals surface area contributed by atoms with Crippen LogP contribution in [0.2, 0.25) is 0 Å². The van der Waals surface area contributed by atoms with E-state index in [2.05, 4.69) is 29.8 Å². The van der Waals surface area contributed by atoms with Crippen LogP contribution in [-0.2, 0) is 0 Å². The molecule has 1 unspecified atom stereocenters. The van der Waals surface area contributed by atoms with Gasteiger partial charge in [-0.15, -0.1) is 0 Å². The largest absolute Gasteiger partial charge is 0.492 e. The molecule has 0 aliphatic rings. The summed E-state index contributed by atoms with van der Waals surface area (Å²) in [4.78, 5) is 0. The Morgan fingerprint density at radius 1 is 1.33 bits per heavy atom. The van der Waals surface area contributed by atoms with Gasteiger partial charge in [0, 0.05) is 0 Å². The number of hydrogen-bond acceptors (Lipinski definition) is 1. The van der Waals surface area contributed by atoms with Gasteiger partial charge in [-0.05, 0) is 46.8 Å². The summed E-state index contributed by atoms with van der Waals surface area (Å²) >= 11 is 3.47. The predicted molar refractivity (Wildman–Crippen MR) is 68.3 cm³/mol. The van der Waals surface area contributed by atoms with Gasteiger partial charge >= 0.3 is 0 Å². The van der Waals surface area contributed by atoms with Gasteiger partial charge in [0.1, 0.15) is 5.75 Å². The smallest absolute Gasteiger partial charge is 0.133 e. The summed E-state index contributed by atoms with van der Waals surface area (Å²) in [5, 5.41) is 0. The Bertz CT molecular complexity index is 286. The lowest BCUT2D eigenvalue weighted by atomic mass is 10.0. The Balaban J connectivity index is 2.23. The molecule has 0 amide bonds. The van der Waals surface area contributed by atoms with E-state index in [1.807, 2.05) is 24.3 Å². The molecular formula is C13H19BrO. The minimum absolute atomic E-state index is 0.812. The number of halogens is 1. The molecule has 15 heavy (non-hydrogen) atoms. The third-order valence-corrected chi connectivity index (χ3v) is 3.29. The summed E-state index contributed by atoms with van der Waals surface area (Å²) in [6, 6.07) is 7.99. The molecule has 84 valence electrons. The maximum atomic E-state index is 5.68. The van der Waals surface area contributed by atoms with Gasteiger partial charge in [-0.1, -0.05) is 32.4 Å². The van der Waals surface area contributed by atoms with E-state index in [0.717, 1.165) is 29.2 Å². The molecule has 0 radical (unpaired) electrons. The van der Waals surface area contributed by atoms with Gasteiger partial charge in [0.2, 0.25) is 0 Å². The summed E-state index contributed by atoms with van der Waals surface area (Å²) in [5.74, 6) is 1.76. The van der Waals surface area contributed by atoms with E-state index in [4.69, 9.17) is 4.74 Å². The van der Waals surface area contributed by atoms with Crippen LogP contribution < -0.4 is 4.74 Å². The van der Waals surface area contributed by atoms with E-state index in [-0.39, 0.29) is 0 Å². The highest BCUT2D eigenvalue weighted by Gasteiger charge is 2.01. The summed E-state index contributed by atoms with van der Waals surface area (Å²) in [5.41, 5.74) is 0. The SMILES string of the molecule is CCC(C)CCCOc1ccccc1Br. The number of hydrogen-bond donors (Lipinski definition) is 0. The summed E-state index contributed by atoms with van der Waals surface area (Å²) in [7, 11) is 0. The first kappa shape index (κ1) is 12.6. The highest BCUT2D eigenvalue weighted by Crippen LogP contribution is 2.24. The Morgan fingerprint density at radius 3 is 2.73 bits per heavy atom. The number of para-hydroxylation sites is 1. The van der Waals surface area contributed by atoms with Crippen molar-refractivity contribution in [2.24, 2.45) is 5.92 Å². The highest BCUT2D eigenvalue weighted by molar-refractivity contribution is 9.10. The normalized spacial score (nSPS) is 12.5. The molecule has 0 aromatic heterocycles. The lowest BCUT2D eigenvalue weighted by Gasteiger charge is -2.10. The van der Waals surface area contributed by atoms with Crippen LogP contribution in [0.3, 0.4) is 0 Å². The molecule has 2 heteroatoms. The molecule has 0 heterocycles. The standard InChI is InChI=1S/C13H19BrO/c1-3-11(2)7-6-10-15-13-9-5-4-8-12(13)14/h4-5,8-9,11H,3,6-7,10H2,1-2H3. The van der Waals surface area contributed by atoms with Gasteiger partial charge in [0.15, 0.2) is 0 Å². The van der Waals surface area contributed by atoms with Gasteiger partial charge in [-0.3, -0.25) is 0 Å². The third-order valence-electron chi connectivity index (χ3n) is 2.63. The van der Waals surface area contributed by atoms with Crippen molar-refractivity contribution in [3.63, 3.8) is 0 Å². The maximum absolute atomic E-state index is 5.68. The van der Waals surface area contributed by atoms with Crippen LogP contribution in [-0.4, -0.2) is 6.61 Å². The number of benzene rings is 1. The summed E-state index contributed by atoms with van der Waals surface area (Å²) in [6.45, 7) is 5.34. The fourth-order valence-electron chi connectivity index (χ4n) is 1.38. The van der Waals surface area contributed by atoms with Crippen LogP contribution in [0.4, 0.5) is 0 Å². The van der Waals surface area contributed by atoms with Crippen molar-refractivity contribution in [2.75, 3.05) is 6.61 Å². The molecule has 0 aliphatic heterocycles. The molecule has 1 atom stereocenters. The van der Waals surface area contributed by atoms with Crippen molar-refractivity contribution in [3.8, 4) is 5.75 Å². The number of ether oxygens (including phenoxy) is 1. The fraction of sp³-hybridized carbons (Fsp3) is 0.538. The average Bonchev–Trinajstić information content (AvgIpc) is 2.26. The maximum Gasteiger partial charge on any atom is 0.133 e. The zero-order chi connectivity index (χ0) is 11.1. The van der Waals surface area contributed by atoms with Crippen LogP contribution in [0.15, 0.2) is 28.7 Å². The first-order valence-corrected chi connectivity index (χ1v) is 6.40.